The van der Waals surface area contributed by atoms with E-state index in [1.54, 1.807) is 11.8 Å². The van der Waals surface area contributed by atoms with Gasteiger partial charge in [0.05, 0.1) is 19.7 Å². The molecule has 30 heavy (non-hydrogen) atoms. The fourth-order valence-electron chi connectivity index (χ4n) is 3.76. The van der Waals surface area contributed by atoms with Gasteiger partial charge in [0, 0.05) is 5.75 Å². The number of hydrogen-bond acceptors (Lipinski definition) is 5. The highest BCUT2D eigenvalue weighted by atomic mass is 32.2. The van der Waals surface area contributed by atoms with Gasteiger partial charge in [0.15, 0.2) is 5.16 Å². The molecule has 1 aromatic heterocycles. The number of aryl methyl sites for hydroxylation is 1. The second-order valence-corrected chi connectivity index (χ2v) is 8.71. The molecule has 0 spiro atoms. The van der Waals surface area contributed by atoms with Crippen LogP contribution in [0.15, 0.2) is 59.8 Å². The molecule has 158 valence electrons. The summed E-state index contributed by atoms with van der Waals surface area (Å²) in [5, 5.41) is 10.0. The van der Waals surface area contributed by atoms with Gasteiger partial charge in [-0.2, -0.15) is 0 Å². The second-order valence-electron chi connectivity index (χ2n) is 7.65. The molecule has 1 aliphatic rings. The Bertz CT molecular complexity index is 922. The van der Waals surface area contributed by atoms with Crippen LogP contribution in [0, 0.1) is 0 Å². The van der Waals surface area contributed by atoms with Gasteiger partial charge in [-0.1, -0.05) is 61.2 Å². The lowest BCUT2D eigenvalue weighted by atomic mass is 10.2. The molecule has 0 bridgehead atoms. The number of ether oxygens (including phenoxy) is 1. The predicted octanol–water partition coefficient (Wildman–Crippen LogP) is 4.66. The lowest BCUT2D eigenvalue weighted by molar-refractivity contribution is 0.316. The zero-order valence-corrected chi connectivity index (χ0v) is 18.5. The third-order valence-corrected chi connectivity index (χ3v) is 6.36. The average Bonchev–Trinajstić information content (AvgIpc) is 3.43. The van der Waals surface area contributed by atoms with E-state index >= 15 is 0 Å². The minimum atomic E-state index is 0.650. The quantitative estimate of drug-likeness (QED) is 0.351. The van der Waals surface area contributed by atoms with E-state index in [4.69, 9.17) is 4.74 Å². The van der Waals surface area contributed by atoms with E-state index < -0.39 is 0 Å². The third-order valence-electron chi connectivity index (χ3n) is 5.43. The van der Waals surface area contributed by atoms with Gasteiger partial charge in [0.2, 0.25) is 0 Å². The van der Waals surface area contributed by atoms with Crippen LogP contribution in [0.25, 0.3) is 0 Å². The van der Waals surface area contributed by atoms with Gasteiger partial charge in [0.25, 0.3) is 0 Å². The Kier molecular flexibility index (Phi) is 7.43. The Morgan fingerprint density at radius 1 is 0.933 bits per heavy atom. The molecule has 1 saturated heterocycles. The highest BCUT2D eigenvalue weighted by Gasteiger charge is 2.18. The second kappa shape index (κ2) is 10.6. The van der Waals surface area contributed by atoms with Crippen molar-refractivity contribution >= 4 is 11.8 Å². The van der Waals surface area contributed by atoms with Gasteiger partial charge in [-0.15, -0.1) is 10.2 Å². The Hall–Kier alpha value is -2.31. The zero-order valence-electron chi connectivity index (χ0n) is 17.7. The molecule has 1 fully saturated rings. The maximum absolute atomic E-state index is 5.96. The number of hydrogen-bond donors (Lipinski definition) is 0. The molecule has 0 unspecified atom stereocenters. The van der Waals surface area contributed by atoms with Crippen LogP contribution in [0.3, 0.4) is 0 Å². The maximum Gasteiger partial charge on any atom is 0.191 e. The Morgan fingerprint density at radius 2 is 1.73 bits per heavy atom. The van der Waals surface area contributed by atoms with Crippen molar-refractivity contribution in [1.82, 2.24) is 19.7 Å². The first-order valence-corrected chi connectivity index (χ1v) is 11.8. The van der Waals surface area contributed by atoms with Crippen molar-refractivity contribution in [2.45, 2.75) is 44.4 Å². The maximum atomic E-state index is 5.96. The van der Waals surface area contributed by atoms with Crippen LogP contribution in [0.2, 0.25) is 0 Å². The van der Waals surface area contributed by atoms with Gasteiger partial charge in [-0.3, -0.25) is 4.90 Å². The SMILES string of the molecule is CCc1cccc(OCCSc2nnc(CN3CCCC3)n2Cc2ccccc2)c1. The molecule has 2 aromatic carbocycles. The van der Waals surface area contributed by atoms with Crippen LogP contribution < -0.4 is 4.74 Å². The summed E-state index contributed by atoms with van der Waals surface area (Å²) in [4.78, 5) is 2.48. The molecule has 0 aliphatic carbocycles. The minimum absolute atomic E-state index is 0.650. The minimum Gasteiger partial charge on any atom is -0.493 e. The normalized spacial score (nSPS) is 14.3. The number of benzene rings is 2. The zero-order chi connectivity index (χ0) is 20.6. The van der Waals surface area contributed by atoms with Gasteiger partial charge < -0.3 is 9.30 Å². The Balaban J connectivity index is 1.40. The first-order chi connectivity index (χ1) is 14.8. The fraction of sp³-hybridized carbons (Fsp3) is 0.417. The molecule has 4 rings (SSSR count). The highest BCUT2D eigenvalue weighted by Crippen LogP contribution is 2.21. The summed E-state index contributed by atoms with van der Waals surface area (Å²) in [5.41, 5.74) is 2.57. The lowest BCUT2D eigenvalue weighted by Crippen LogP contribution is -2.21. The number of likely N-dealkylation sites (tertiary alicyclic amines) is 1. The highest BCUT2D eigenvalue weighted by molar-refractivity contribution is 7.99. The third kappa shape index (κ3) is 5.64. The van der Waals surface area contributed by atoms with Gasteiger partial charge in [0.1, 0.15) is 11.6 Å². The summed E-state index contributed by atoms with van der Waals surface area (Å²) in [6.07, 6.45) is 3.59. The molecule has 0 radical (unpaired) electrons. The molecule has 6 heteroatoms. The molecular weight excluding hydrogens is 392 g/mol. The number of nitrogens with zero attached hydrogens (tertiary/aromatic N) is 4. The van der Waals surface area contributed by atoms with Gasteiger partial charge in [-0.25, -0.2) is 0 Å². The number of rotatable bonds is 10. The predicted molar refractivity (Wildman–Crippen MR) is 122 cm³/mol. The van der Waals surface area contributed by atoms with Crippen molar-refractivity contribution in [3.8, 4) is 5.75 Å². The Labute approximate surface area is 183 Å². The van der Waals surface area contributed by atoms with Crippen LogP contribution in [0.5, 0.6) is 5.75 Å². The first kappa shape index (κ1) is 20.9. The monoisotopic (exact) mass is 422 g/mol. The molecule has 1 aliphatic heterocycles. The smallest absolute Gasteiger partial charge is 0.191 e. The molecule has 3 aromatic rings. The number of aromatic nitrogens is 3. The number of thioether (sulfide) groups is 1. The van der Waals surface area contributed by atoms with E-state index in [0.29, 0.717) is 6.61 Å². The summed E-state index contributed by atoms with van der Waals surface area (Å²) in [7, 11) is 0. The van der Waals surface area contributed by atoms with E-state index in [1.807, 2.05) is 6.07 Å². The van der Waals surface area contributed by atoms with Crippen LogP contribution in [0.4, 0.5) is 0 Å². The van der Waals surface area contributed by atoms with Crippen molar-refractivity contribution in [3.63, 3.8) is 0 Å². The van der Waals surface area contributed by atoms with E-state index in [2.05, 4.69) is 75.1 Å². The van der Waals surface area contributed by atoms with E-state index in [1.165, 1.54) is 24.0 Å². The van der Waals surface area contributed by atoms with Crippen molar-refractivity contribution in [3.05, 3.63) is 71.5 Å². The van der Waals surface area contributed by atoms with E-state index in [0.717, 1.165) is 55.1 Å². The van der Waals surface area contributed by atoms with Gasteiger partial charge >= 0.3 is 0 Å². The molecule has 0 saturated carbocycles. The summed E-state index contributed by atoms with van der Waals surface area (Å²) >= 11 is 1.72. The largest absolute Gasteiger partial charge is 0.493 e. The molecule has 5 nitrogen and oxygen atoms in total. The summed E-state index contributed by atoms with van der Waals surface area (Å²) in [6.45, 7) is 6.81. The molecule has 2 heterocycles. The average molecular weight is 423 g/mol. The standard InChI is InChI=1S/C24H30N4OS/c1-2-20-11-8-12-22(17-20)29-15-16-30-24-26-25-23(19-27-13-6-7-14-27)28(24)18-21-9-4-3-5-10-21/h3-5,8-12,17H,2,6-7,13-16,18-19H2,1H3. The summed E-state index contributed by atoms with van der Waals surface area (Å²) in [5.74, 6) is 2.84. The molecule has 0 amide bonds. The van der Waals surface area contributed by atoms with E-state index in [-0.39, 0.29) is 0 Å². The molecule has 0 atom stereocenters. The van der Waals surface area contributed by atoms with Crippen LogP contribution in [-0.2, 0) is 19.5 Å². The van der Waals surface area contributed by atoms with E-state index in [9.17, 15) is 0 Å². The van der Waals surface area contributed by atoms with Crippen LogP contribution >= 0.6 is 11.8 Å². The topological polar surface area (TPSA) is 43.2 Å². The van der Waals surface area contributed by atoms with Crippen molar-refractivity contribution < 1.29 is 4.74 Å². The van der Waals surface area contributed by atoms with Crippen LogP contribution in [0.1, 0.15) is 36.7 Å². The van der Waals surface area contributed by atoms with Crippen LogP contribution in [-0.4, -0.2) is 45.1 Å². The Morgan fingerprint density at radius 3 is 2.53 bits per heavy atom. The van der Waals surface area contributed by atoms with Crippen molar-refractivity contribution in [2.75, 3.05) is 25.4 Å². The summed E-state index contributed by atoms with van der Waals surface area (Å²) in [6, 6.07) is 18.9. The fourth-order valence-corrected chi connectivity index (χ4v) is 4.53. The molecule has 0 N–H and O–H groups in total. The molecular formula is C24H30N4OS. The van der Waals surface area contributed by atoms with Crippen molar-refractivity contribution in [1.29, 1.82) is 0 Å². The van der Waals surface area contributed by atoms with Gasteiger partial charge in [-0.05, 0) is 55.6 Å². The van der Waals surface area contributed by atoms with Crippen molar-refractivity contribution in [2.24, 2.45) is 0 Å². The summed E-state index contributed by atoms with van der Waals surface area (Å²) < 4.78 is 8.23. The lowest BCUT2D eigenvalue weighted by Gasteiger charge is -2.16. The first-order valence-electron chi connectivity index (χ1n) is 10.8.